The summed E-state index contributed by atoms with van der Waals surface area (Å²) in [4.78, 5) is 2.80. The van der Waals surface area contributed by atoms with Gasteiger partial charge >= 0.3 is 0 Å². The summed E-state index contributed by atoms with van der Waals surface area (Å²) in [7, 11) is 0. The zero-order valence-corrected chi connectivity index (χ0v) is 9.35. The molecule has 0 aromatic heterocycles. The molecule has 0 bridgehead atoms. The largest absolute Gasteiger partial charge is 0.371 e. The predicted octanol–water partition coefficient (Wildman–Crippen LogP) is 3.42. The Hall–Kier alpha value is -0.730. The minimum atomic E-state index is 0.143. The summed E-state index contributed by atoms with van der Waals surface area (Å²) < 4.78 is 6.15. The molecule has 2 fully saturated rings. The van der Waals surface area contributed by atoms with Gasteiger partial charge in [-0.05, 0) is 37.1 Å². The van der Waals surface area contributed by atoms with E-state index in [1.807, 2.05) is 0 Å². The third kappa shape index (κ3) is 1.97. The fourth-order valence-electron chi connectivity index (χ4n) is 3.29. The molecule has 1 saturated heterocycles. The van der Waals surface area contributed by atoms with Crippen molar-refractivity contribution < 1.29 is 4.74 Å². The fraction of sp³-hybridized carbons (Fsp3) is 1.00. The zero-order valence-electron chi connectivity index (χ0n) is 9.35. The summed E-state index contributed by atoms with van der Waals surface area (Å²) >= 11 is 0. The quantitative estimate of drug-likeness (QED) is 0.399. The number of nitrogens with zero attached hydrogens (tertiary/aromatic N) is 3. The van der Waals surface area contributed by atoms with Crippen LogP contribution in [0.3, 0.4) is 0 Å². The molecular formula is C11H19N3O. The first-order valence-electron chi connectivity index (χ1n) is 5.99. The van der Waals surface area contributed by atoms with Crippen molar-refractivity contribution >= 4 is 0 Å². The number of azide groups is 1. The first-order chi connectivity index (χ1) is 7.30. The van der Waals surface area contributed by atoms with Crippen LogP contribution in [0, 0.1) is 5.92 Å². The molecule has 2 rings (SSSR count). The van der Waals surface area contributed by atoms with Gasteiger partial charge in [0.2, 0.25) is 0 Å². The van der Waals surface area contributed by atoms with Crippen molar-refractivity contribution in [3.8, 4) is 0 Å². The highest BCUT2D eigenvalue weighted by molar-refractivity contribution is 4.98. The van der Waals surface area contributed by atoms with Crippen molar-refractivity contribution in [3.05, 3.63) is 10.4 Å². The van der Waals surface area contributed by atoms with Gasteiger partial charge in [0.15, 0.2) is 0 Å². The van der Waals surface area contributed by atoms with Crippen molar-refractivity contribution in [2.45, 2.75) is 57.2 Å². The molecular weight excluding hydrogens is 190 g/mol. The summed E-state index contributed by atoms with van der Waals surface area (Å²) in [6.45, 7) is 2.76. The molecule has 1 spiro atoms. The number of hydrogen-bond donors (Lipinski definition) is 0. The topological polar surface area (TPSA) is 58.0 Å². The van der Waals surface area contributed by atoms with Gasteiger partial charge in [-0.1, -0.05) is 24.9 Å². The standard InChI is InChI=1S/C11H19N3O/c1-2-9-4-3-6-11(9)7-5-10(15-11)8-13-14-12/h9-10H,2-8H2,1H3/t9-,10+,11-/m1/s1. The van der Waals surface area contributed by atoms with Crippen LogP contribution in [0.15, 0.2) is 5.11 Å². The molecule has 1 saturated carbocycles. The van der Waals surface area contributed by atoms with E-state index < -0.39 is 0 Å². The molecule has 0 radical (unpaired) electrons. The van der Waals surface area contributed by atoms with E-state index in [-0.39, 0.29) is 11.7 Å². The van der Waals surface area contributed by atoms with Gasteiger partial charge in [0.05, 0.1) is 18.2 Å². The maximum atomic E-state index is 8.28. The van der Waals surface area contributed by atoms with Crippen LogP contribution in [0.25, 0.3) is 10.4 Å². The molecule has 4 heteroatoms. The Morgan fingerprint density at radius 1 is 1.47 bits per heavy atom. The first-order valence-corrected chi connectivity index (χ1v) is 5.99. The second kappa shape index (κ2) is 4.42. The average molecular weight is 209 g/mol. The molecule has 0 N–H and O–H groups in total. The smallest absolute Gasteiger partial charge is 0.0715 e. The maximum absolute atomic E-state index is 8.28. The van der Waals surface area contributed by atoms with Gasteiger partial charge in [-0.25, -0.2) is 0 Å². The van der Waals surface area contributed by atoms with Crippen LogP contribution in [-0.4, -0.2) is 18.2 Å². The zero-order chi connectivity index (χ0) is 10.7. The molecule has 1 aliphatic heterocycles. The van der Waals surface area contributed by atoms with E-state index in [0.29, 0.717) is 6.54 Å². The Morgan fingerprint density at radius 2 is 2.33 bits per heavy atom. The summed E-state index contributed by atoms with van der Waals surface area (Å²) in [6.07, 6.45) is 7.43. The van der Waals surface area contributed by atoms with Crippen LogP contribution in [0.2, 0.25) is 0 Å². The minimum absolute atomic E-state index is 0.143. The highest BCUT2D eigenvalue weighted by Gasteiger charge is 2.47. The molecule has 0 unspecified atom stereocenters. The molecule has 84 valence electrons. The summed E-state index contributed by atoms with van der Waals surface area (Å²) in [6, 6.07) is 0. The molecule has 0 aromatic rings. The number of ether oxygens (including phenoxy) is 1. The van der Waals surface area contributed by atoms with Gasteiger partial charge in [0.25, 0.3) is 0 Å². The molecule has 2 aliphatic rings. The van der Waals surface area contributed by atoms with E-state index in [1.165, 1.54) is 25.7 Å². The second-order valence-corrected chi connectivity index (χ2v) is 4.75. The van der Waals surface area contributed by atoms with E-state index >= 15 is 0 Å². The third-order valence-corrected chi connectivity index (χ3v) is 4.03. The SMILES string of the molecule is CC[C@@H]1CCC[C@@]12CC[C@@H](CN=[N+]=[N-])O2. The Kier molecular flexibility index (Phi) is 3.17. The van der Waals surface area contributed by atoms with Gasteiger partial charge in [-0.15, -0.1) is 0 Å². The van der Waals surface area contributed by atoms with Crippen molar-refractivity contribution in [1.29, 1.82) is 0 Å². The van der Waals surface area contributed by atoms with E-state index in [4.69, 9.17) is 10.3 Å². The first kappa shape index (κ1) is 10.8. The average Bonchev–Trinajstić information content (AvgIpc) is 2.84. The summed E-state index contributed by atoms with van der Waals surface area (Å²) in [5.41, 5.74) is 8.43. The van der Waals surface area contributed by atoms with Crippen LogP contribution in [0.5, 0.6) is 0 Å². The lowest BCUT2D eigenvalue weighted by molar-refractivity contribution is -0.0631. The van der Waals surface area contributed by atoms with Crippen LogP contribution in [-0.2, 0) is 4.74 Å². The van der Waals surface area contributed by atoms with Crippen molar-refractivity contribution in [2.24, 2.45) is 11.0 Å². The molecule has 4 nitrogen and oxygen atoms in total. The Labute approximate surface area is 90.6 Å². The van der Waals surface area contributed by atoms with Crippen LogP contribution >= 0.6 is 0 Å². The van der Waals surface area contributed by atoms with Gasteiger partial charge in [0.1, 0.15) is 0 Å². The van der Waals surface area contributed by atoms with Crippen molar-refractivity contribution in [3.63, 3.8) is 0 Å². The van der Waals surface area contributed by atoms with E-state index in [0.717, 1.165) is 18.8 Å². The molecule has 15 heavy (non-hydrogen) atoms. The monoisotopic (exact) mass is 209 g/mol. The van der Waals surface area contributed by atoms with Crippen molar-refractivity contribution in [2.75, 3.05) is 6.54 Å². The molecule has 1 heterocycles. The summed E-state index contributed by atoms with van der Waals surface area (Å²) in [5.74, 6) is 0.730. The van der Waals surface area contributed by atoms with Gasteiger partial charge in [-0.2, -0.15) is 0 Å². The Bertz CT molecular complexity index is 275. The van der Waals surface area contributed by atoms with Crippen LogP contribution < -0.4 is 0 Å². The highest BCUT2D eigenvalue weighted by Crippen LogP contribution is 2.48. The third-order valence-electron chi connectivity index (χ3n) is 4.03. The van der Waals surface area contributed by atoms with Gasteiger partial charge < -0.3 is 4.74 Å². The normalized spacial score (nSPS) is 39.5. The Morgan fingerprint density at radius 3 is 3.07 bits per heavy atom. The molecule has 3 atom stereocenters. The molecule has 0 aromatic carbocycles. The van der Waals surface area contributed by atoms with Gasteiger partial charge in [0, 0.05) is 4.91 Å². The van der Waals surface area contributed by atoms with E-state index in [1.54, 1.807) is 0 Å². The van der Waals surface area contributed by atoms with Gasteiger partial charge in [-0.3, -0.25) is 0 Å². The van der Waals surface area contributed by atoms with E-state index in [2.05, 4.69) is 16.9 Å². The van der Waals surface area contributed by atoms with Crippen molar-refractivity contribution in [1.82, 2.24) is 0 Å². The lowest BCUT2D eigenvalue weighted by atomic mass is 9.86. The highest BCUT2D eigenvalue weighted by atomic mass is 16.5. The molecule has 1 aliphatic carbocycles. The second-order valence-electron chi connectivity index (χ2n) is 4.75. The predicted molar refractivity (Wildman–Crippen MR) is 58.5 cm³/mol. The number of rotatable bonds is 3. The minimum Gasteiger partial charge on any atom is -0.371 e. The lowest BCUT2D eigenvalue weighted by Crippen LogP contribution is -2.33. The fourth-order valence-corrected chi connectivity index (χ4v) is 3.29. The Balaban J connectivity index is 1.97. The molecule has 0 amide bonds. The number of hydrogen-bond acceptors (Lipinski definition) is 2. The van der Waals surface area contributed by atoms with Crippen LogP contribution in [0.1, 0.15) is 45.4 Å². The lowest BCUT2D eigenvalue weighted by Gasteiger charge is -2.30. The van der Waals surface area contributed by atoms with E-state index in [9.17, 15) is 0 Å². The summed E-state index contributed by atoms with van der Waals surface area (Å²) in [5, 5.41) is 3.61. The van der Waals surface area contributed by atoms with Crippen LogP contribution in [0.4, 0.5) is 0 Å². The maximum Gasteiger partial charge on any atom is 0.0715 e.